The molecule has 2 N–H and O–H groups in total. The fraction of sp³-hybridized carbons (Fsp3) is 0.846. The van der Waals surface area contributed by atoms with E-state index >= 15 is 0 Å². The van der Waals surface area contributed by atoms with Crippen LogP contribution in [-0.4, -0.2) is 41.2 Å². The lowest BCUT2D eigenvalue weighted by molar-refractivity contribution is 0.185. The number of nitrogens with two attached hydrogens (primary N) is 1. The van der Waals surface area contributed by atoms with E-state index in [0.29, 0.717) is 12.5 Å². The number of aromatic nitrogens is 2. The monoisotopic (exact) mass is 252 g/mol. The van der Waals surface area contributed by atoms with Crippen molar-refractivity contribution in [2.45, 2.75) is 39.0 Å². The van der Waals surface area contributed by atoms with Crippen molar-refractivity contribution < 1.29 is 4.52 Å². The molecule has 18 heavy (non-hydrogen) atoms. The highest BCUT2D eigenvalue weighted by Gasteiger charge is 2.20. The maximum absolute atomic E-state index is 5.47. The zero-order valence-corrected chi connectivity index (χ0v) is 11.3. The second-order valence-electron chi connectivity index (χ2n) is 5.08. The van der Waals surface area contributed by atoms with Crippen LogP contribution in [0.15, 0.2) is 4.52 Å². The second kappa shape index (κ2) is 6.85. The van der Waals surface area contributed by atoms with Gasteiger partial charge in [-0.25, -0.2) is 0 Å². The van der Waals surface area contributed by atoms with Crippen molar-refractivity contribution >= 4 is 0 Å². The molecule has 0 amide bonds. The number of likely N-dealkylation sites (tertiary alicyclic amines) is 1. The van der Waals surface area contributed by atoms with Gasteiger partial charge in [0.1, 0.15) is 0 Å². The predicted octanol–water partition coefficient (Wildman–Crippen LogP) is 1.24. The summed E-state index contributed by atoms with van der Waals surface area (Å²) in [5.74, 6) is 2.31. The average molecular weight is 252 g/mol. The summed E-state index contributed by atoms with van der Waals surface area (Å²) in [4.78, 5) is 6.93. The van der Waals surface area contributed by atoms with Crippen LogP contribution in [-0.2, 0) is 12.8 Å². The van der Waals surface area contributed by atoms with E-state index < -0.39 is 0 Å². The summed E-state index contributed by atoms with van der Waals surface area (Å²) in [6, 6.07) is 0. The molecule has 1 aliphatic heterocycles. The molecule has 0 atom stereocenters. The van der Waals surface area contributed by atoms with Gasteiger partial charge in [0.05, 0.1) is 0 Å². The molecular weight excluding hydrogens is 228 g/mol. The third kappa shape index (κ3) is 3.78. The summed E-state index contributed by atoms with van der Waals surface area (Å²) in [5.41, 5.74) is 5.47. The summed E-state index contributed by atoms with van der Waals surface area (Å²) < 4.78 is 5.30. The number of hydrogen-bond acceptors (Lipinski definition) is 5. The lowest BCUT2D eigenvalue weighted by Crippen LogP contribution is -2.34. The van der Waals surface area contributed by atoms with Crippen LogP contribution in [0.1, 0.15) is 37.9 Å². The summed E-state index contributed by atoms with van der Waals surface area (Å²) in [5, 5.41) is 4.00. The molecule has 2 rings (SSSR count). The first-order chi connectivity index (χ1) is 8.81. The van der Waals surface area contributed by atoms with Crippen molar-refractivity contribution in [1.82, 2.24) is 15.0 Å². The van der Waals surface area contributed by atoms with Gasteiger partial charge in [0.2, 0.25) is 5.89 Å². The maximum Gasteiger partial charge on any atom is 0.226 e. The first-order valence-corrected chi connectivity index (χ1v) is 7.05. The van der Waals surface area contributed by atoms with Gasteiger partial charge >= 0.3 is 0 Å². The van der Waals surface area contributed by atoms with E-state index in [1.807, 2.05) is 0 Å². The van der Waals surface area contributed by atoms with Crippen LogP contribution in [0.4, 0.5) is 0 Å². The molecule has 0 spiro atoms. The number of piperidine rings is 1. The Balaban J connectivity index is 1.77. The van der Waals surface area contributed by atoms with Crippen LogP contribution in [0.5, 0.6) is 0 Å². The molecule has 1 aliphatic rings. The average Bonchev–Trinajstić information content (AvgIpc) is 2.85. The van der Waals surface area contributed by atoms with Crippen molar-refractivity contribution in [1.29, 1.82) is 0 Å². The van der Waals surface area contributed by atoms with Crippen LogP contribution in [0, 0.1) is 5.92 Å². The first-order valence-electron chi connectivity index (χ1n) is 7.05. The normalized spacial score (nSPS) is 18.3. The summed E-state index contributed by atoms with van der Waals surface area (Å²) >= 11 is 0. The van der Waals surface area contributed by atoms with Gasteiger partial charge in [-0.05, 0) is 51.4 Å². The fourth-order valence-electron chi connectivity index (χ4n) is 2.49. The molecule has 5 heteroatoms. The Labute approximate surface area is 109 Å². The second-order valence-corrected chi connectivity index (χ2v) is 5.08. The lowest BCUT2D eigenvalue weighted by Gasteiger charge is -2.30. The van der Waals surface area contributed by atoms with Gasteiger partial charge in [-0.1, -0.05) is 12.1 Å². The van der Waals surface area contributed by atoms with Crippen molar-refractivity contribution in [2.24, 2.45) is 11.7 Å². The van der Waals surface area contributed by atoms with Crippen LogP contribution < -0.4 is 5.73 Å². The third-order valence-corrected chi connectivity index (χ3v) is 3.73. The molecule has 0 aliphatic carbocycles. The van der Waals surface area contributed by atoms with E-state index in [2.05, 4.69) is 22.0 Å². The highest BCUT2D eigenvalue weighted by molar-refractivity contribution is 4.89. The number of hydrogen-bond donors (Lipinski definition) is 1. The molecule has 0 aromatic carbocycles. The van der Waals surface area contributed by atoms with Crippen molar-refractivity contribution in [3.8, 4) is 0 Å². The fourth-order valence-corrected chi connectivity index (χ4v) is 2.49. The Bertz CT molecular complexity index is 345. The van der Waals surface area contributed by atoms with Gasteiger partial charge in [-0.3, -0.25) is 0 Å². The van der Waals surface area contributed by atoms with Gasteiger partial charge < -0.3 is 15.2 Å². The van der Waals surface area contributed by atoms with Crippen molar-refractivity contribution in [3.63, 3.8) is 0 Å². The molecule has 0 unspecified atom stereocenters. The van der Waals surface area contributed by atoms with Crippen LogP contribution in [0.25, 0.3) is 0 Å². The van der Waals surface area contributed by atoms with Crippen molar-refractivity contribution in [3.05, 3.63) is 11.7 Å². The summed E-state index contributed by atoms with van der Waals surface area (Å²) in [7, 11) is 0. The Morgan fingerprint density at radius 3 is 2.83 bits per heavy atom. The lowest BCUT2D eigenvalue weighted by atomic mass is 9.93. The topological polar surface area (TPSA) is 68.2 Å². The molecule has 0 radical (unpaired) electrons. The van der Waals surface area contributed by atoms with E-state index in [9.17, 15) is 0 Å². The Morgan fingerprint density at radius 1 is 1.39 bits per heavy atom. The molecule has 2 heterocycles. The Kier molecular flexibility index (Phi) is 5.13. The van der Waals surface area contributed by atoms with Crippen LogP contribution in [0.3, 0.4) is 0 Å². The largest absolute Gasteiger partial charge is 0.339 e. The molecule has 5 nitrogen and oxygen atoms in total. The van der Waals surface area contributed by atoms with Gasteiger partial charge in [-0.15, -0.1) is 0 Å². The first kappa shape index (κ1) is 13.5. The Hall–Kier alpha value is -0.940. The molecule has 0 bridgehead atoms. The van der Waals surface area contributed by atoms with Gasteiger partial charge in [-0.2, -0.15) is 4.98 Å². The van der Waals surface area contributed by atoms with Gasteiger partial charge in [0.25, 0.3) is 0 Å². The maximum atomic E-state index is 5.47. The summed E-state index contributed by atoms with van der Waals surface area (Å²) in [6.45, 7) is 6.47. The molecule has 1 aromatic heterocycles. The highest BCUT2D eigenvalue weighted by atomic mass is 16.5. The zero-order chi connectivity index (χ0) is 12.8. The minimum atomic E-state index is 0.680. The number of nitrogens with zero attached hydrogens (tertiary/aromatic N) is 3. The predicted molar refractivity (Wildman–Crippen MR) is 70.2 cm³/mol. The quantitative estimate of drug-likeness (QED) is 0.825. The number of rotatable bonds is 6. The molecule has 102 valence electrons. The third-order valence-electron chi connectivity index (χ3n) is 3.73. The molecule has 0 saturated carbocycles. The SMILES string of the molecule is CCN1CCC(Cc2nc(CCCN)no2)CC1. The van der Waals surface area contributed by atoms with Gasteiger partial charge in [0.15, 0.2) is 5.82 Å². The molecular formula is C13H24N4O. The minimum Gasteiger partial charge on any atom is -0.339 e. The van der Waals surface area contributed by atoms with Crippen LogP contribution in [0.2, 0.25) is 0 Å². The Morgan fingerprint density at radius 2 is 2.17 bits per heavy atom. The van der Waals surface area contributed by atoms with E-state index in [0.717, 1.165) is 37.5 Å². The number of aryl methyl sites for hydroxylation is 1. The summed E-state index contributed by atoms with van der Waals surface area (Å²) in [6.07, 6.45) is 5.18. The van der Waals surface area contributed by atoms with E-state index in [-0.39, 0.29) is 0 Å². The van der Waals surface area contributed by atoms with E-state index in [1.54, 1.807) is 0 Å². The molecule has 1 fully saturated rings. The van der Waals surface area contributed by atoms with E-state index in [1.165, 1.54) is 25.9 Å². The van der Waals surface area contributed by atoms with Gasteiger partial charge in [0, 0.05) is 12.8 Å². The zero-order valence-electron chi connectivity index (χ0n) is 11.3. The van der Waals surface area contributed by atoms with E-state index in [4.69, 9.17) is 10.3 Å². The standard InChI is InChI=1S/C13H24N4O/c1-2-17-8-5-11(6-9-17)10-13-15-12(16-18-13)4-3-7-14/h11H,2-10,14H2,1H3. The molecule has 1 saturated heterocycles. The highest BCUT2D eigenvalue weighted by Crippen LogP contribution is 2.20. The van der Waals surface area contributed by atoms with Crippen molar-refractivity contribution in [2.75, 3.05) is 26.2 Å². The minimum absolute atomic E-state index is 0.680. The smallest absolute Gasteiger partial charge is 0.226 e. The van der Waals surface area contributed by atoms with Crippen LogP contribution >= 0.6 is 0 Å². The molecule has 1 aromatic rings.